The summed E-state index contributed by atoms with van der Waals surface area (Å²) in [6.07, 6.45) is 1.85. The Kier molecular flexibility index (Phi) is 5.25. The molecule has 5 rings (SSSR count). The van der Waals surface area contributed by atoms with Crippen molar-refractivity contribution in [3.8, 4) is 0 Å². The molecule has 4 aromatic carbocycles. The number of hydrogen-bond donors (Lipinski definition) is 1. The zero-order valence-corrected chi connectivity index (χ0v) is 17.3. The van der Waals surface area contributed by atoms with Crippen molar-refractivity contribution < 1.29 is 0 Å². The van der Waals surface area contributed by atoms with E-state index in [2.05, 4.69) is 119 Å². The Morgan fingerprint density at radius 3 is 1.87 bits per heavy atom. The number of nitrogens with one attached hydrogen (secondary N) is 1. The van der Waals surface area contributed by atoms with Gasteiger partial charge in [0.2, 0.25) is 0 Å². The summed E-state index contributed by atoms with van der Waals surface area (Å²) in [6, 6.07) is 40.5. The molecule has 2 nitrogen and oxygen atoms in total. The number of hydrogen-bond acceptors (Lipinski definition) is 2. The van der Waals surface area contributed by atoms with Gasteiger partial charge in [-0.1, -0.05) is 97.1 Å². The standard InChI is InChI=1S/C27H21N2P/c1-3-13-22(14-4-1)30(23-15-5-2-6-16-23)26-19-8-7-17-24(26)29-25-18-9-11-21-12-10-20-28-27(21)25/h1-20,29H. The number of para-hydroxylation sites is 2. The van der Waals surface area contributed by atoms with Crippen molar-refractivity contribution in [3.05, 3.63) is 121 Å². The van der Waals surface area contributed by atoms with Gasteiger partial charge in [-0.25, -0.2) is 0 Å². The maximum atomic E-state index is 4.61. The Balaban J connectivity index is 1.64. The molecule has 3 heteroatoms. The van der Waals surface area contributed by atoms with Crippen molar-refractivity contribution in [2.24, 2.45) is 0 Å². The van der Waals surface area contributed by atoms with Gasteiger partial charge in [-0.05, 0) is 36.7 Å². The third-order valence-electron chi connectivity index (χ3n) is 5.08. The second kappa shape index (κ2) is 8.49. The summed E-state index contributed by atoms with van der Waals surface area (Å²) in [5.74, 6) is 0. The highest BCUT2D eigenvalue weighted by molar-refractivity contribution is 7.80. The van der Waals surface area contributed by atoms with Crippen molar-refractivity contribution in [3.63, 3.8) is 0 Å². The van der Waals surface area contributed by atoms with Crippen molar-refractivity contribution in [1.29, 1.82) is 0 Å². The zero-order chi connectivity index (χ0) is 20.2. The van der Waals surface area contributed by atoms with Crippen LogP contribution in [-0.2, 0) is 0 Å². The maximum Gasteiger partial charge on any atom is 0.0936 e. The van der Waals surface area contributed by atoms with Gasteiger partial charge in [-0.3, -0.25) is 4.98 Å². The minimum atomic E-state index is -0.689. The highest BCUT2D eigenvalue weighted by Gasteiger charge is 2.19. The molecule has 0 fully saturated rings. The second-order valence-corrected chi connectivity index (χ2v) is 9.21. The molecule has 1 aromatic heterocycles. The normalized spacial score (nSPS) is 11.0. The summed E-state index contributed by atoms with van der Waals surface area (Å²) in [6.45, 7) is 0. The Hall–Kier alpha value is -3.48. The lowest BCUT2D eigenvalue weighted by Gasteiger charge is -2.23. The lowest BCUT2D eigenvalue weighted by molar-refractivity contribution is 1.41. The molecule has 144 valence electrons. The minimum Gasteiger partial charge on any atom is -0.353 e. The first-order valence-corrected chi connectivity index (χ1v) is 11.3. The molecule has 30 heavy (non-hydrogen) atoms. The van der Waals surface area contributed by atoms with E-state index in [1.54, 1.807) is 0 Å². The summed E-state index contributed by atoms with van der Waals surface area (Å²) >= 11 is 0. The average Bonchev–Trinajstić information content (AvgIpc) is 2.82. The largest absolute Gasteiger partial charge is 0.353 e. The summed E-state index contributed by atoms with van der Waals surface area (Å²) in [7, 11) is -0.689. The summed E-state index contributed by atoms with van der Waals surface area (Å²) in [5.41, 5.74) is 3.13. The Labute approximate surface area is 178 Å². The third-order valence-corrected chi connectivity index (χ3v) is 7.58. The van der Waals surface area contributed by atoms with Crippen LogP contribution in [-0.4, -0.2) is 4.98 Å². The van der Waals surface area contributed by atoms with Crippen LogP contribution < -0.4 is 21.2 Å². The first-order valence-electron chi connectivity index (χ1n) is 10.0. The van der Waals surface area contributed by atoms with Gasteiger partial charge < -0.3 is 5.32 Å². The molecule has 0 atom stereocenters. The van der Waals surface area contributed by atoms with Crippen LogP contribution in [0.25, 0.3) is 10.9 Å². The quantitative estimate of drug-likeness (QED) is 0.378. The van der Waals surface area contributed by atoms with Gasteiger partial charge in [0.1, 0.15) is 0 Å². The molecule has 0 amide bonds. The van der Waals surface area contributed by atoms with E-state index in [0.29, 0.717) is 0 Å². The molecule has 0 bridgehead atoms. The molecule has 5 aromatic rings. The number of rotatable bonds is 5. The van der Waals surface area contributed by atoms with Gasteiger partial charge in [0, 0.05) is 22.6 Å². The van der Waals surface area contributed by atoms with Crippen LogP contribution >= 0.6 is 7.92 Å². The smallest absolute Gasteiger partial charge is 0.0936 e. The van der Waals surface area contributed by atoms with Crippen LogP contribution in [0.3, 0.4) is 0 Å². The zero-order valence-electron chi connectivity index (χ0n) is 16.4. The number of aromatic nitrogens is 1. The molecule has 0 aliphatic heterocycles. The van der Waals surface area contributed by atoms with Gasteiger partial charge in [0.15, 0.2) is 0 Å². The number of fused-ring (bicyclic) bond motifs is 1. The first-order chi connectivity index (χ1) is 14.9. The van der Waals surface area contributed by atoms with E-state index in [4.69, 9.17) is 0 Å². The number of nitrogens with zero attached hydrogens (tertiary/aromatic N) is 1. The van der Waals surface area contributed by atoms with Gasteiger partial charge in [-0.2, -0.15) is 0 Å². The van der Waals surface area contributed by atoms with Gasteiger partial charge in [-0.15, -0.1) is 0 Å². The van der Waals surface area contributed by atoms with Crippen LogP contribution in [0.4, 0.5) is 11.4 Å². The van der Waals surface area contributed by atoms with Crippen LogP contribution in [0.2, 0.25) is 0 Å². The van der Waals surface area contributed by atoms with E-state index in [1.807, 2.05) is 12.3 Å². The fourth-order valence-corrected chi connectivity index (χ4v) is 6.11. The summed E-state index contributed by atoms with van der Waals surface area (Å²) < 4.78 is 0. The third kappa shape index (κ3) is 3.70. The molecule has 1 heterocycles. The average molecular weight is 404 g/mol. The topological polar surface area (TPSA) is 24.9 Å². The van der Waals surface area contributed by atoms with Gasteiger partial charge in [0.25, 0.3) is 0 Å². The van der Waals surface area contributed by atoms with Crippen LogP contribution in [0.15, 0.2) is 121 Å². The first kappa shape index (κ1) is 18.5. The van der Waals surface area contributed by atoms with E-state index >= 15 is 0 Å². The van der Waals surface area contributed by atoms with Crippen LogP contribution in [0.5, 0.6) is 0 Å². The van der Waals surface area contributed by atoms with Gasteiger partial charge >= 0.3 is 0 Å². The SMILES string of the molecule is c1ccc(P(c2ccccc2)c2ccccc2Nc2cccc3cccnc23)cc1. The highest BCUT2D eigenvalue weighted by atomic mass is 31.1. The van der Waals surface area contributed by atoms with Crippen LogP contribution in [0, 0.1) is 0 Å². The molecular formula is C27H21N2P. The van der Waals surface area contributed by atoms with E-state index in [1.165, 1.54) is 15.9 Å². The lowest BCUT2D eigenvalue weighted by atomic mass is 10.2. The van der Waals surface area contributed by atoms with Crippen LogP contribution in [0.1, 0.15) is 0 Å². The molecular weight excluding hydrogens is 383 g/mol. The predicted molar refractivity (Wildman–Crippen MR) is 130 cm³/mol. The molecule has 0 aliphatic rings. The molecule has 0 saturated carbocycles. The second-order valence-electron chi connectivity index (χ2n) is 7.03. The summed E-state index contributed by atoms with van der Waals surface area (Å²) in [5, 5.41) is 8.80. The number of benzene rings is 4. The van der Waals surface area contributed by atoms with Crippen molar-refractivity contribution in [2.75, 3.05) is 5.32 Å². The van der Waals surface area contributed by atoms with Crippen molar-refractivity contribution >= 4 is 46.1 Å². The molecule has 0 aliphatic carbocycles. The monoisotopic (exact) mass is 404 g/mol. The number of anilines is 2. The molecule has 0 spiro atoms. The summed E-state index contributed by atoms with van der Waals surface area (Å²) in [4.78, 5) is 4.61. The molecule has 0 radical (unpaired) electrons. The Morgan fingerprint density at radius 1 is 0.533 bits per heavy atom. The van der Waals surface area contributed by atoms with Crippen molar-refractivity contribution in [2.45, 2.75) is 0 Å². The Morgan fingerprint density at radius 2 is 1.13 bits per heavy atom. The van der Waals surface area contributed by atoms with E-state index < -0.39 is 7.92 Å². The van der Waals surface area contributed by atoms with E-state index in [0.717, 1.165) is 22.3 Å². The fourth-order valence-electron chi connectivity index (χ4n) is 3.71. The Bertz CT molecular complexity index is 1230. The predicted octanol–water partition coefficient (Wildman–Crippen LogP) is 5.74. The van der Waals surface area contributed by atoms with Crippen molar-refractivity contribution in [1.82, 2.24) is 4.98 Å². The highest BCUT2D eigenvalue weighted by Crippen LogP contribution is 2.36. The van der Waals surface area contributed by atoms with E-state index in [9.17, 15) is 0 Å². The fraction of sp³-hybridized carbons (Fsp3) is 0. The van der Waals surface area contributed by atoms with Gasteiger partial charge in [0.05, 0.1) is 11.2 Å². The molecule has 0 saturated heterocycles. The maximum absolute atomic E-state index is 4.61. The molecule has 0 unspecified atom stereocenters. The lowest BCUT2D eigenvalue weighted by Crippen LogP contribution is -2.22. The van der Waals surface area contributed by atoms with E-state index in [-0.39, 0.29) is 0 Å². The minimum absolute atomic E-state index is 0.689. The molecule has 1 N–H and O–H groups in total. The number of pyridine rings is 1.